The Hall–Kier alpha value is -2.25. The number of benzene rings is 2. The summed E-state index contributed by atoms with van der Waals surface area (Å²) in [4.78, 5) is 12.5. The first-order chi connectivity index (χ1) is 11.3. The van der Waals surface area contributed by atoms with Crippen LogP contribution in [0.1, 0.15) is 13.8 Å². The molecule has 0 radical (unpaired) electrons. The monoisotopic (exact) mass is 350 g/mol. The standard InChI is InChI=1S/C17H19FN2O3S/c1-12(2)16(17(21)19-14-10-8-13(18)9-11-14)20-24(22,23)15-6-4-3-5-7-15/h3-12,16,20H,1-2H3,(H,19,21)/t16-/m0/s1. The molecule has 1 atom stereocenters. The summed E-state index contributed by atoms with van der Waals surface area (Å²) in [5.74, 6) is -1.20. The minimum absolute atomic E-state index is 0.0882. The first kappa shape index (κ1) is 18.1. The van der Waals surface area contributed by atoms with Gasteiger partial charge in [0.05, 0.1) is 4.90 Å². The fourth-order valence-electron chi connectivity index (χ4n) is 2.08. The second kappa shape index (κ2) is 7.55. The molecule has 0 spiro atoms. The molecule has 128 valence electrons. The van der Waals surface area contributed by atoms with Crippen LogP contribution in [0.25, 0.3) is 0 Å². The van der Waals surface area contributed by atoms with E-state index in [0.717, 1.165) is 0 Å². The molecule has 0 aromatic heterocycles. The number of hydrogen-bond acceptors (Lipinski definition) is 3. The molecular weight excluding hydrogens is 331 g/mol. The highest BCUT2D eigenvalue weighted by molar-refractivity contribution is 7.89. The van der Waals surface area contributed by atoms with Gasteiger partial charge in [-0.05, 0) is 42.3 Å². The van der Waals surface area contributed by atoms with Gasteiger partial charge in [-0.3, -0.25) is 4.79 Å². The van der Waals surface area contributed by atoms with E-state index in [2.05, 4.69) is 10.0 Å². The van der Waals surface area contributed by atoms with Crippen molar-refractivity contribution in [3.8, 4) is 0 Å². The first-order valence-corrected chi connectivity index (χ1v) is 8.92. The van der Waals surface area contributed by atoms with Gasteiger partial charge < -0.3 is 5.32 Å². The Balaban J connectivity index is 2.17. The molecule has 0 unspecified atom stereocenters. The van der Waals surface area contributed by atoms with Crippen LogP contribution >= 0.6 is 0 Å². The topological polar surface area (TPSA) is 75.3 Å². The first-order valence-electron chi connectivity index (χ1n) is 7.43. The second-order valence-electron chi connectivity index (χ2n) is 5.65. The smallest absolute Gasteiger partial charge is 0.242 e. The van der Waals surface area contributed by atoms with Crippen molar-refractivity contribution in [2.45, 2.75) is 24.8 Å². The molecule has 5 nitrogen and oxygen atoms in total. The Morgan fingerprint density at radius 1 is 1.00 bits per heavy atom. The van der Waals surface area contributed by atoms with E-state index in [9.17, 15) is 17.6 Å². The molecule has 0 fully saturated rings. The largest absolute Gasteiger partial charge is 0.325 e. The lowest BCUT2D eigenvalue weighted by Crippen LogP contribution is -2.47. The van der Waals surface area contributed by atoms with Gasteiger partial charge >= 0.3 is 0 Å². The van der Waals surface area contributed by atoms with Gasteiger partial charge in [-0.15, -0.1) is 0 Å². The summed E-state index contributed by atoms with van der Waals surface area (Å²) in [7, 11) is -3.82. The van der Waals surface area contributed by atoms with E-state index in [4.69, 9.17) is 0 Å². The molecule has 0 aliphatic carbocycles. The van der Waals surface area contributed by atoms with E-state index in [1.807, 2.05) is 0 Å². The summed E-state index contributed by atoms with van der Waals surface area (Å²) in [5.41, 5.74) is 0.394. The maximum Gasteiger partial charge on any atom is 0.242 e. The highest BCUT2D eigenvalue weighted by Gasteiger charge is 2.28. The molecule has 1 amide bonds. The van der Waals surface area contributed by atoms with Gasteiger partial charge in [0, 0.05) is 5.69 Å². The van der Waals surface area contributed by atoms with E-state index in [1.165, 1.54) is 36.4 Å². The Morgan fingerprint density at radius 2 is 1.58 bits per heavy atom. The number of nitrogens with one attached hydrogen (secondary N) is 2. The minimum atomic E-state index is -3.82. The van der Waals surface area contributed by atoms with Crippen molar-refractivity contribution in [2.75, 3.05) is 5.32 Å². The maximum absolute atomic E-state index is 12.9. The number of rotatable bonds is 6. The Kier molecular flexibility index (Phi) is 5.69. The van der Waals surface area contributed by atoms with Crippen molar-refractivity contribution in [2.24, 2.45) is 5.92 Å². The van der Waals surface area contributed by atoms with E-state index >= 15 is 0 Å². The summed E-state index contributed by atoms with van der Waals surface area (Å²) in [6.07, 6.45) is 0. The van der Waals surface area contributed by atoms with Gasteiger partial charge in [-0.1, -0.05) is 32.0 Å². The molecule has 0 aliphatic rings. The van der Waals surface area contributed by atoms with Gasteiger partial charge in [0.15, 0.2) is 0 Å². The van der Waals surface area contributed by atoms with Gasteiger partial charge in [-0.2, -0.15) is 4.72 Å². The van der Waals surface area contributed by atoms with E-state index < -0.39 is 27.8 Å². The molecule has 0 saturated carbocycles. The molecule has 0 saturated heterocycles. The third-order valence-electron chi connectivity index (χ3n) is 3.40. The van der Waals surface area contributed by atoms with Crippen LogP contribution in [0.2, 0.25) is 0 Å². The predicted octanol–water partition coefficient (Wildman–Crippen LogP) is 2.77. The van der Waals surface area contributed by atoms with E-state index in [0.29, 0.717) is 5.69 Å². The van der Waals surface area contributed by atoms with Crippen molar-refractivity contribution in [3.05, 3.63) is 60.4 Å². The summed E-state index contributed by atoms with van der Waals surface area (Å²) in [6, 6.07) is 12.1. The summed E-state index contributed by atoms with van der Waals surface area (Å²) >= 11 is 0. The molecule has 2 aromatic carbocycles. The molecule has 0 heterocycles. The zero-order valence-electron chi connectivity index (χ0n) is 13.4. The molecule has 2 N–H and O–H groups in total. The summed E-state index contributed by atoms with van der Waals surface area (Å²) in [6.45, 7) is 3.48. The zero-order chi connectivity index (χ0) is 17.7. The zero-order valence-corrected chi connectivity index (χ0v) is 14.2. The Bertz CT molecular complexity index is 790. The van der Waals surface area contributed by atoms with Gasteiger partial charge in [0.2, 0.25) is 15.9 Å². The molecular formula is C17H19FN2O3S. The molecule has 2 aromatic rings. The van der Waals surface area contributed by atoms with Crippen molar-refractivity contribution in [1.82, 2.24) is 4.72 Å². The van der Waals surface area contributed by atoms with Crippen molar-refractivity contribution < 1.29 is 17.6 Å². The van der Waals surface area contributed by atoms with Crippen LogP contribution < -0.4 is 10.0 Å². The number of hydrogen-bond donors (Lipinski definition) is 2. The van der Waals surface area contributed by atoms with Crippen LogP contribution in [0.15, 0.2) is 59.5 Å². The molecule has 2 rings (SSSR count). The minimum Gasteiger partial charge on any atom is -0.325 e. The Labute approximate surface area is 141 Å². The van der Waals surface area contributed by atoms with Crippen LogP contribution in [0.5, 0.6) is 0 Å². The van der Waals surface area contributed by atoms with Crippen molar-refractivity contribution >= 4 is 21.6 Å². The normalized spacial score (nSPS) is 12.8. The lowest BCUT2D eigenvalue weighted by molar-refractivity contribution is -0.118. The lowest BCUT2D eigenvalue weighted by Gasteiger charge is -2.21. The average molecular weight is 350 g/mol. The highest BCUT2D eigenvalue weighted by atomic mass is 32.2. The van der Waals surface area contributed by atoms with Crippen LogP contribution in [-0.4, -0.2) is 20.4 Å². The number of amides is 1. The molecule has 7 heteroatoms. The third-order valence-corrected chi connectivity index (χ3v) is 4.85. The fraction of sp³-hybridized carbons (Fsp3) is 0.235. The van der Waals surface area contributed by atoms with Crippen LogP contribution in [0, 0.1) is 11.7 Å². The molecule has 24 heavy (non-hydrogen) atoms. The van der Waals surface area contributed by atoms with Crippen molar-refractivity contribution in [1.29, 1.82) is 0 Å². The van der Waals surface area contributed by atoms with Gasteiger partial charge in [0.1, 0.15) is 11.9 Å². The third kappa shape index (κ3) is 4.62. The maximum atomic E-state index is 12.9. The number of sulfonamides is 1. The van der Waals surface area contributed by atoms with Crippen LogP contribution in [-0.2, 0) is 14.8 Å². The quantitative estimate of drug-likeness (QED) is 0.841. The Morgan fingerprint density at radius 3 is 2.12 bits per heavy atom. The molecule has 0 bridgehead atoms. The number of halogens is 1. The fourth-order valence-corrected chi connectivity index (χ4v) is 3.45. The highest BCUT2D eigenvalue weighted by Crippen LogP contribution is 2.14. The predicted molar refractivity (Wildman–Crippen MR) is 90.4 cm³/mol. The van der Waals surface area contributed by atoms with Gasteiger partial charge in [0.25, 0.3) is 0 Å². The van der Waals surface area contributed by atoms with Crippen LogP contribution in [0.3, 0.4) is 0 Å². The van der Waals surface area contributed by atoms with E-state index in [-0.39, 0.29) is 10.8 Å². The number of anilines is 1. The summed E-state index contributed by atoms with van der Waals surface area (Å²) < 4.78 is 40.2. The number of carbonyl (C=O) groups is 1. The van der Waals surface area contributed by atoms with Crippen molar-refractivity contribution in [3.63, 3.8) is 0 Å². The van der Waals surface area contributed by atoms with Gasteiger partial charge in [-0.25, -0.2) is 12.8 Å². The SMILES string of the molecule is CC(C)[C@H](NS(=O)(=O)c1ccccc1)C(=O)Nc1ccc(F)cc1. The lowest BCUT2D eigenvalue weighted by atomic mass is 10.0. The van der Waals surface area contributed by atoms with E-state index in [1.54, 1.807) is 32.0 Å². The summed E-state index contributed by atoms with van der Waals surface area (Å²) in [5, 5.41) is 2.59. The number of carbonyl (C=O) groups excluding carboxylic acids is 1. The second-order valence-corrected chi connectivity index (χ2v) is 7.37. The average Bonchev–Trinajstić information content (AvgIpc) is 2.55. The molecule has 0 aliphatic heterocycles. The van der Waals surface area contributed by atoms with Crippen LogP contribution in [0.4, 0.5) is 10.1 Å².